The van der Waals surface area contributed by atoms with Gasteiger partial charge in [-0.3, -0.25) is 0 Å². The van der Waals surface area contributed by atoms with Crippen molar-refractivity contribution in [2.24, 2.45) is 5.73 Å². The molecule has 2 N–H and O–H groups in total. The van der Waals surface area contributed by atoms with Crippen molar-refractivity contribution in [1.82, 2.24) is 0 Å². The third kappa shape index (κ3) is 6.91. The molecule has 0 aromatic rings. The van der Waals surface area contributed by atoms with Crippen LogP contribution in [0.3, 0.4) is 0 Å². The molecular weight excluding hydrogens is 250 g/mol. The van der Waals surface area contributed by atoms with E-state index in [-0.39, 0.29) is 17.2 Å². The van der Waals surface area contributed by atoms with Gasteiger partial charge in [-0.05, 0) is 31.0 Å². The molecule has 0 heterocycles. The van der Waals surface area contributed by atoms with Crippen molar-refractivity contribution in [3.63, 3.8) is 0 Å². The minimum absolute atomic E-state index is 0.209. The van der Waals surface area contributed by atoms with Gasteiger partial charge in [0, 0.05) is 6.04 Å². The van der Waals surface area contributed by atoms with Crippen molar-refractivity contribution in [2.45, 2.75) is 103 Å². The van der Waals surface area contributed by atoms with Crippen LogP contribution in [0.1, 0.15) is 73.1 Å². The zero-order chi connectivity index (χ0) is 15.1. The van der Waals surface area contributed by atoms with Crippen LogP contribution in [0, 0.1) is 0 Å². The van der Waals surface area contributed by atoms with E-state index < -0.39 is 8.32 Å². The Morgan fingerprint density at radius 2 is 1.47 bits per heavy atom. The zero-order valence-corrected chi connectivity index (χ0v) is 15.4. The topological polar surface area (TPSA) is 35.2 Å². The fraction of sp³-hybridized carbons (Fsp3) is 1.00. The average Bonchev–Trinajstić information content (AvgIpc) is 2.29. The summed E-state index contributed by atoms with van der Waals surface area (Å²) in [4.78, 5) is 0. The van der Waals surface area contributed by atoms with Gasteiger partial charge in [-0.25, -0.2) is 0 Å². The molecule has 0 radical (unpaired) electrons. The molecule has 0 spiro atoms. The molecule has 0 unspecified atom stereocenters. The van der Waals surface area contributed by atoms with Crippen LogP contribution in [-0.2, 0) is 4.43 Å². The minimum atomic E-state index is -1.70. The van der Waals surface area contributed by atoms with E-state index in [0.717, 1.165) is 12.8 Å². The van der Waals surface area contributed by atoms with Gasteiger partial charge >= 0.3 is 0 Å². The molecule has 0 aromatic carbocycles. The molecule has 0 rings (SSSR count). The third-order valence-electron chi connectivity index (χ3n) is 4.46. The van der Waals surface area contributed by atoms with E-state index in [9.17, 15) is 0 Å². The Hall–Kier alpha value is 0.137. The molecule has 116 valence electrons. The Kier molecular flexibility index (Phi) is 8.49. The highest BCUT2D eigenvalue weighted by Crippen LogP contribution is 2.38. The molecular formula is C16H37NOSi. The molecule has 19 heavy (non-hydrogen) atoms. The first-order valence-corrected chi connectivity index (χ1v) is 11.0. The minimum Gasteiger partial charge on any atom is -0.412 e. The van der Waals surface area contributed by atoms with Gasteiger partial charge in [-0.15, -0.1) is 0 Å². The van der Waals surface area contributed by atoms with Gasteiger partial charge in [0.25, 0.3) is 0 Å². The smallest absolute Gasteiger partial charge is 0.192 e. The SMILES string of the molecule is CCCC[C@@H](N)[C@@H](CCCC)O[Si](C)(C)C(C)(C)C. The van der Waals surface area contributed by atoms with Gasteiger partial charge in [0.2, 0.25) is 0 Å². The van der Waals surface area contributed by atoms with E-state index in [0.29, 0.717) is 0 Å². The summed E-state index contributed by atoms with van der Waals surface area (Å²) in [5, 5.41) is 0.266. The highest BCUT2D eigenvalue weighted by atomic mass is 28.4. The van der Waals surface area contributed by atoms with Crippen LogP contribution >= 0.6 is 0 Å². The summed E-state index contributed by atoms with van der Waals surface area (Å²) >= 11 is 0. The first-order chi connectivity index (χ1) is 8.65. The summed E-state index contributed by atoms with van der Waals surface area (Å²) in [7, 11) is -1.70. The predicted molar refractivity (Wildman–Crippen MR) is 89.1 cm³/mol. The summed E-state index contributed by atoms with van der Waals surface area (Å²) in [6.07, 6.45) is 7.34. The lowest BCUT2D eigenvalue weighted by molar-refractivity contribution is 0.135. The lowest BCUT2D eigenvalue weighted by atomic mass is 10.0. The number of hydrogen-bond donors (Lipinski definition) is 1. The maximum absolute atomic E-state index is 6.58. The molecule has 0 aliphatic rings. The normalized spacial score (nSPS) is 16.4. The molecule has 0 aliphatic heterocycles. The second-order valence-electron chi connectivity index (χ2n) is 7.36. The summed E-state index contributed by atoms with van der Waals surface area (Å²) < 4.78 is 6.58. The van der Waals surface area contributed by atoms with Crippen molar-refractivity contribution in [1.29, 1.82) is 0 Å². The number of unbranched alkanes of at least 4 members (excludes halogenated alkanes) is 2. The second-order valence-corrected chi connectivity index (χ2v) is 12.1. The van der Waals surface area contributed by atoms with E-state index in [1.807, 2.05) is 0 Å². The fourth-order valence-corrected chi connectivity index (χ4v) is 3.35. The Morgan fingerprint density at radius 1 is 1.00 bits per heavy atom. The highest BCUT2D eigenvalue weighted by Gasteiger charge is 2.39. The van der Waals surface area contributed by atoms with Crippen LogP contribution in [0.4, 0.5) is 0 Å². The average molecular weight is 288 g/mol. The van der Waals surface area contributed by atoms with Crippen molar-refractivity contribution >= 4 is 8.32 Å². The van der Waals surface area contributed by atoms with E-state index in [4.69, 9.17) is 10.2 Å². The van der Waals surface area contributed by atoms with E-state index >= 15 is 0 Å². The number of nitrogens with two attached hydrogens (primary N) is 1. The summed E-state index contributed by atoms with van der Waals surface area (Å²) in [6.45, 7) is 16.0. The van der Waals surface area contributed by atoms with Crippen LogP contribution < -0.4 is 5.73 Å². The number of hydrogen-bond acceptors (Lipinski definition) is 2. The van der Waals surface area contributed by atoms with Crippen molar-refractivity contribution < 1.29 is 4.43 Å². The molecule has 2 nitrogen and oxygen atoms in total. The highest BCUT2D eigenvalue weighted by molar-refractivity contribution is 6.74. The van der Waals surface area contributed by atoms with Gasteiger partial charge in [0.15, 0.2) is 8.32 Å². The molecule has 0 saturated carbocycles. The Bertz CT molecular complexity index is 235. The predicted octanol–water partition coefficient (Wildman–Crippen LogP) is 5.08. The molecule has 0 fully saturated rings. The van der Waals surface area contributed by atoms with Crippen molar-refractivity contribution in [3.05, 3.63) is 0 Å². The van der Waals surface area contributed by atoms with Gasteiger partial charge in [0.05, 0.1) is 6.10 Å². The lowest BCUT2D eigenvalue weighted by Crippen LogP contribution is -2.49. The summed E-state index contributed by atoms with van der Waals surface area (Å²) in [5.74, 6) is 0. The maximum Gasteiger partial charge on any atom is 0.192 e. The van der Waals surface area contributed by atoms with Crippen LogP contribution in [0.5, 0.6) is 0 Å². The first-order valence-electron chi connectivity index (χ1n) is 8.09. The van der Waals surface area contributed by atoms with Gasteiger partial charge in [-0.1, -0.05) is 60.3 Å². The molecule has 0 aromatic heterocycles. The molecule has 0 saturated heterocycles. The quantitative estimate of drug-likeness (QED) is 0.600. The standard InChI is InChI=1S/C16H37NOSi/c1-8-10-12-14(17)15(13-11-9-2)18-19(6,7)16(3,4)5/h14-15H,8-13,17H2,1-7H3/t14-,15-/m1/s1. The molecule has 0 bridgehead atoms. The van der Waals surface area contributed by atoms with Crippen LogP contribution in [0.2, 0.25) is 18.1 Å². The molecule has 2 atom stereocenters. The van der Waals surface area contributed by atoms with Crippen LogP contribution in [-0.4, -0.2) is 20.5 Å². The van der Waals surface area contributed by atoms with Crippen LogP contribution in [0.25, 0.3) is 0 Å². The summed E-state index contributed by atoms with van der Waals surface area (Å²) in [5.41, 5.74) is 6.39. The van der Waals surface area contributed by atoms with E-state index in [1.165, 1.54) is 25.7 Å². The van der Waals surface area contributed by atoms with E-state index in [2.05, 4.69) is 47.7 Å². The Morgan fingerprint density at radius 3 is 1.89 bits per heavy atom. The Labute approximate surface area is 122 Å². The molecule has 0 amide bonds. The van der Waals surface area contributed by atoms with Crippen molar-refractivity contribution in [3.8, 4) is 0 Å². The largest absolute Gasteiger partial charge is 0.412 e. The fourth-order valence-electron chi connectivity index (χ4n) is 1.95. The third-order valence-corrected chi connectivity index (χ3v) is 8.97. The monoisotopic (exact) mass is 287 g/mol. The van der Waals surface area contributed by atoms with Gasteiger partial charge < -0.3 is 10.2 Å². The van der Waals surface area contributed by atoms with Gasteiger partial charge in [0.1, 0.15) is 0 Å². The Balaban J connectivity index is 4.66. The van der Waals surface area contributed by atoms with E-state index in [1.54, 1.807) is 0 Å². The van der Waals surface area contributed by atoms with Crippen LogP contribution in [0.15, 0.2) is 0 Å². The first kappa shape index (κ1) is 19.1. The maximum atomic E-state index is 6.58. The lowest BCUT2D eigenvalue weighted by Gasteiger charge is -2.41. The van der Waals surface area contributed by atoms with Crippen molar-refractivity contribution in [2.75, 3.05) is 0 Å². The zero-order valence-electron chi connectivity index (χ0n) is 14.4. The molecule has 0 aliphatic carbocycles. The van der Waals surface area contributed by atoms with Gasteiger partial charge in [-0.2, -0.15) is 0 Å². The summed E-state index contributed by atoms with van der Waals surface area (Å²) in [6, 6.07) is 0.209. The number of rotatable bonds is 9. The molecule has 3 heteroatoms. The second kappa shape index (κ2) is 8.43.